The number of rotatable bonds is 9. The topological polar surface area (TPSA) is 96.8 Å². The molecule has 0 aliphatic carbocycles. The molecular weight excluding hydrogens is 462 g/mol. The summed E-state index contributed by atoms with van der Waals surface area (Å²) in [7, 11) is -3.61. The van der Waals surface area contributed by atoms with Gasteiger partial charge >= 0.3 is 0 Å². The lowest BCUT2D eigenvalue weighted by molar-refractivity contribution is -0.117. The van der Waals surface area contributed by atoms with Crippen LogP contribution < -0.4 is 5.32 Å². The van der Waals surface area contributed by atoms with Gasteiger partial charge in [0.1, 0.15) is 0 Å². The van der Waals surface area contributed by atoms with E-state index in [4.69, 9.17) is 5.26 Å². The van der Waals surface area contributed by atoms with E-state index in [1.54, 1.807) is 25.1 Å². The van der Waals surface area contributed by atoms with Crippen molar-refractivity contribution in [3.05, 3.63) is 59.2 Å². The summed E-state index contributed by atoms with van der Waals surface area (Å²) in [4.78, 5) is 17.5. The fourth-order valence-electron chi connectivity index (χ4n) is 4.35. The molecule has 0 spiro atoms. The Bertz CT molecular complexity index is 1150. The van der Waals surface area contributed by atoms with Gasteiger partial charge in [-0.3, -0.25) is 14.6 Å². The molecule has 9 heteroatoms. The van der Waals surface area contributed by atoms with E-state index in [2.05, 4.69) is 21.2 Å². The highest BCUT2D eigenvalue weighted by molar-refractivity contribution is 7.89. The quantitative estimate of drug-likeness (QED) is 0.572. The van der Waals surface area contributed by atoms with Gasteiger partial charge in [0.2, 0.25) is 15.9 Å². The Kier molecular flexibility index (Phi) is 9.40. The average molecular weight is 498 g/mol. The smallest absolute Gasteiger partial charge is 0.243 e. The minimum absolute atomic E-state index is 0.152. The van der Waals surface area contributed by atoms with Crippen LogP contribution in [0.3, 0.4) is 0 Å². The van der Waals surface area contributed by atoms with Crippen LogP contribution in [0.4, 0.5) is 5.69 Å². The third kappa shape index (κ3) is 7.12. The van der Waals surface area contributed by atoms with Crippen LogP contribution in [0.15, 0.2) is 47.4 Å². The van der Waals surface area contributed by atoms with Crippen LogP contribution in [0.2, 0.25) is 0 Å². The monoisotopic (exact) mass is 497 g/mol. The number of hydrogen-bond acceptors (Lipinski definition) is 6. The molecular formula is C26H35N5O3S. The number of carbonyl (C=O) groups excluding carboxylic acids is 1. The second-order valence-electron chi connectivity index (χ2n) is 8.83. The lowest BCUT2D eigenvalue weighted by atomic mass is 10.1. The molecule has 0 unspecified atom stereocenters. The Morgan fingerprint density at radius 2 is 1.69 bits per heavy atom. The highest BCUT2D eigenvalue weighted by Gasteiger charge is 2.24. The van der Waals surface area contributed by atoms with E-state index >= 15 is 0 Å². The van der Waals surface area contributed by atoms with E-state index in [-0.39, 0.29) is 17.3 Å². The lowest BCUT2D eigenvalue weighted by Crippen LogP contribution is -2.36. The van der Waals surface area contributed by atoms with Gasteiger partial charge in [0, 0.05) is 38.4 Å². The molecule has 1 saturated heterocycles. The molecule has 188 valence electrons. The van der Waals surface area contributed by atoms with Gasteiger partial charge in [0.05, 0.1) is 23.1 Å². The number of aryl methyl sites for hydroxylation is 1. The zero-order valence-electron chi connectivity index (χ0n) is 20.8. The average Bonchev–Trinajstić information content (AvgIpc) is 3.06. The lowest BCUT2D eigenvalue weighted by Gasteiger charge is -2.22. The molecule has 1 aliphatic heterocycles. The summed E-state index contributed by atoms with van der Waals surface area (Å²) in [5, 5.41) is 11.8. The standard InChI is InChI=1S/C26H35N5O3S/c1-4-31(5-2)35(33,34)25-17-24(12-7-21(25)3)28-26(32)20-30-14-6-13-29(15-16-30)19-23-10-8-22(18-27)9-11-23/h7-12,17H,4-6,13-16,19-20H2,1-3H3,(H,28,32). The summed E-state index contributed by atoms with van der Waals surface area (Å²) in [5.41, 5.74) is 2.98. The van der Waals surface area contributed by atoms with Crippen molar-refractivity contribution >= 4 is 21.6 Å². The van der Waals surface area contributed by atoms with Gasteiger partial charge < -0.3 is 5.32 Å². The van der Waals surface area contributed by atoms with Crippen molar-refractivity contribution in [2.75, 3.05) is 51.1 Å². The highest BCUT2D eigenvalue weighted by Crippen LogP contribution is 2.23. The van der Waals surface area contributed by atoms with Crippen LogP contribution in [0.1, 0.15) is 37.0 Å². The molecule has 0 atom stereocenters. The van der Waals surface area contributed by atoms with Crippen molar-refractivity contribution in [1.29, 1.82) is 5.26 Å². The Morgan fingerprint density at radius 1 is 1.03 bits per heavy atom. The molecule has 35 heavy (non-hydrogen) atoms. The summed E-state index contributed by atoms with van der Waals surface area (Å²) < 4.78 is 27.4. The molecule has 0 saturated carbocycles. The first-order valence-electron chi connectivity index (χ1n) is 12.1. The maximum absolute atomic E-state index is 13.0. The summed E-state index contributed by atoms with van der Waals surface area (Å²) in [6, 6.07) is 14.8. The van der Waals surface area contributed by atoms with Crippen molar-refractivity contribution in [2.45, 2.75) is 38.6 Å². The van der Waals surface area contributed by atoms with Crippen LogP contribution in [0, 0.1) is 18.3 Å². The fraction of sp³-hybridized carbons (Fsp3) is 0.462. The molecule has 1 heterocycles. The third-order valence-electron chi connectivity index (χ3n) is 6.33. The predicted molar refractivity (Wildman–Crippen MR) is 137 cm³/mol. The van der Waals surface area contributed by atoms with Gasteiger partial charge in [-0.25, -0.2) is 8.42 Å². The second-order valence-corrected chi connectivity index (χ2v) is 10.7. The number of anilines is 1. The van der Waals surface area contributed by atoms with E-state index in [1.165, 1.54) is 9.87 Å². The Morgan fingerprint density at radius 3 is 2.34 bits per heavy atom. The van der Waals surface area contributed by atoms with Crippen LogP contribution >= 0.6 is 0 Å². The first-order chi connectivity index (χ1) is 16.8. The SMILES string of the molecule is CCN(CC)S(=O)(=O)c1cc(NC(=O)CN2CCCN(Cc3ccc(C#N)cc3)CC2)ccc1C. The largest absolute Gasteiger partial charge is 0.325 e. The van der Waals surface area contributed by atoms with E-state index in [0.717, 1.165) is 39.1 Å². The molecule has 2 aromatic carbocycles. The summed E-state index contributed by atoms with van der Waals surface area (Å²) >= 11 is 0. The number of nitrogens with one attached hydrogen (secondary N) is 1. The van der Waals surface area contributed by atoms with Crippen LogP contribution in [-0.2, 0) is 21.4 Å². The Balaban J connectivity index is 1.57. The summed E-state index contributed by atoms with van der Waals surface area (Å²) in [6.07, 6.45) is 0.959. The van der Waals surface area contributed by atoms with E-state index in [0.29, 0.717) is 29.9 Å². The number of sulfonamides is 1. The number of amides is 1. The number of hydrogen-bond donors (Lipinski definition) is 1. The summed E-state index contributed by atoms with van der Waals surface area (Å²) in [6.45, 7) is 10.7. The van der Waals surface area contributed by atoms with Crippen molar-refractivity contribution in [3.63, 3.8) is 0 Å². The maximum Gasteiger partial charge on any atom is 0.243 e. The molecule has 8 nitrogen and oxygen atoms in total. The van der Waals surface area contributed by atoms with Gasteiger partial charge in [0.25, 0.3) is 0 Å². The van der Waals surface area contributed by atoms with E-state index in [9.17, 15) is 13.2 Å². The molecule has 0 radical (unpaired) electrons. The highest BCUT2D eigenvalue weighted by atomic mass is 32.2. The molecule has 1 aliphatic rings. The van der Waals surface area contributed by atoms with Crippen LogP contribution in [-0.4, -0.2) is 74.2 Å². The van der Waals surface area contributed by atoms with Crippen molar-refractivity contribution in [3.8, 4) is 6.07 Å². The number of benzene rings is 2. The van der Waals surface area contributed by atoms with Crippen molar-refractivity contribution in [1.82, 2.24) is 14.1 Å². The van der Waals surface area contributed by atoms with Gasteiger partial charge in [-0.15, -0.1) is 0 Å². The molecule has 2 aromatic rings. The molecule has 0 bridgehead atoms. The number of carbonyl (C=O) groups is 1. The zero-order valence-corrected chi connectivity index (χ0v) is 21.6. The maximum atomic E-state index is 13.0. The van der Waals surface area contributed by atoms with E-state index < -0.39 is 10.0 Å². The first-order valence-corrected chi connectivity index (χ1v) is 13.5. The van der Waals surface area contributed by atoms with Crippen LogP contribution in [0.5, 0.6) is 0 Å². The molecule has 1 fully saturated rings. The van der Waals surface area contributed by atoms with Crippen molar-refractivity contribution in [2.24, 2.45) is 0 Å². The minimum atomic E-state index is -3.61. The Labute approximate surface area is 209 Å². The fourth-order valence-corrected chi connectivity index (χ4v) is 6.05. The van der Waals surface area contributed by atoms with Gasteiger partial charge in [-0.2, -0.15) is 9.57 Å². The molecule has 1 amide bonds. The third-order valence-corrected chi connectivity index (χ3v) is 8.52. The molecule has 1 N–H and O–H groups in total. The summed E-state index contributed by atoms with van der Waals surface area (Å²) in [5.74, 6) is -0.152. The normalized spacial score (nSPS) is 15.5. The molecule has 3 rings (SSSR count). The van der Waals surface area contributed by atoms with Gasteiger partial charge in [0.15, 0.2) is 0 Å². The Hall–Kier alpha value is -2.77. The van der Waals surface area contributed by atoms with Crippen LogP contribution in [0.25, 0.3) is 0 Å². The molecule has 0 aromatic heterocycles. The van der Waals surface area contributed by atoms with E-state index in [1.807, 2.05) is 38.1 Å². The second kappa shape index (κ2) is 12.3. The predicted octanol–water partition coefficient (Wildman–Crippen LogP) is 3.04. The van der Waals surface area contributed by atoms with Gasteiger partial charge in [-0.05, 0) is 61.8 Å². The minimum Gasteiger partial charge on any atom is -0.325 e. The number of nitrogens with zero attached hydrogens (tertiary/aromatic N) is 4. The van der Waals surface area contributed by atoms with Gasteiger partial charge in [-0.1, -0.05) is 32.0 Å². The first kappa shape index (κ1) is 26.8. The number of nitriles is 1. The zero-order chi connectivity index (χ0) is 25.4. The van der Waals surface area contributed by atoms with Crippen molar-refractivity contribution < 1.29 is 13.2 Å².